The summed E-state index contributed by atoms with van der Waals surface area (Å²) in [5.41, 5.74) is 1.53. The van der Waals surface area contributed by atoms with Crippen molar-refractivity contribution in [3.8, 4) is 0 Å². The Morgan fingerprint density at radius 3 is 2.24 bits per heavy atom. The number of rotatable bonds is 14. The first kappa shape index (κ1) is 25.3. The van der Waals surface area contributed by atoms with Crippen LogP contribution in [0, 0.1) is 0 Å². The zero-order valence-corrected chi connectivity index (χ0v) is 18.9. The molecule has 34 heavy (non-hydrogen) atoms. The first-order valence-corrected chi connectivity index (χ1v) is 11.1. The van der Waals surface area contributed by atoms with Gasteiger partial charge in [-0.3, -0.25) is 4.79 Å². The lowest BCUT2D eigenvalue weighted by atomic mass is 10.1. The third-order valence-corrected chi connectivity index (χ3v) is 5.07. The van der Waals surface area contributed by atoms with Crippen molar-refractivity contribution >= 4 is 28.5 Å². The van der Waals surface area contributed by atoms with Gasteiger partial charge in [-0.1, -0.05) is 30.3 Å². The van der Waals surface area contributed by atoms with Gasteiger partial charge < -0.3 is 29.0 Å². The molecule has 0 aliphatic heterocycles. The number of ether oxygens (including phenoxy) is 2. The number of aliphatic hydroxyl groups excluding tert-OH is 2. The summed E-state index contributed by atoms with van der Waals surface area (Å²) >= 11 is 0. The Balaban J connectivity index is 1.78. The van der Waals surface area contributed by atoms with E-state index < -0.39 is 5.63 Å². The second-order valence-corrected chi connectivity index (χ2v) is 7.43. The standard InChI is InChI=1S/C26H29NO7/c28-12-16-32-14-10-27(11-15-33-17-13-29)23-8-6-21-18-22(26(31)34-25(21)19-23)7-9-24(30)20-4-2-1-3-5-20/h1-9,18-19,28-29H,10-17H2. The summed E-state index contributed by atoms with van der Waals surface area (Å²) in [7, 11) is 0. The van der Waals surface area contributed by atoms with Gasteiger partial charge in [0.1, 0.15) is 5.58 Å². The Morgan fingerprint density at radius 2 is 1.59 bits per heavy atom. The number of carbonyl (C=O) groups is 1. The number of allylic oxidation sites excluding steroid dienone is 1. The number of anilines is 1. The summed E-state index contributed by atoms with van der Waals surface area (Å²) in [5.74, 6) is -0.196. The lowest BCUT2D eigenvalue weighted by Crippen LogP contribution is -2.31. The Kier molecular flexibility index (Phi) is 9.99. The van der Waals surface area contributed by atoms with Crippen LogP contribution >= 0.6 is 0 Å². The zero-order valence-electron chi connectivity index (χ0n) is 18.9. The van der Waals surface area contributed by atoms with Gasteiger partial charge >= 0.3 is 5.63 Å². The van der Waals surface area contributed by atoms with Crippen molar-refractivity contribution in [1.82, 2.24) is 0 Å². The summed E-state index contributed by atoms with van der Waals surface area (Å²) in [4.78, 5) is 26.8. The molecule has 1 aromatic heterocycles. The summed E-state index contributed by atoms with van der Waals surface area (Å²) in [6.07, 6.45) is 2.83. The van der Waals surface area contributed by atoms with Crippen LogP contribution < -0.4 is 10.5 Å². The molecular formula is C26H29NO7. The highest BCUT2D eigenvalue weighted by Gasteiger charge is 2.11. The van der Waals surface area contributed by atoms with Gasteiger partial charge in [-0.25, -0.2) is 4.79 Å². The maximum atomic E-state index is 12.5. The van der Waals surface area contributed by atoms with Crippen molar-refractivity contribution in [3.05, 3.63) is 82.2 Å². The molecule has 0 fully saturated rings. The van der Waals surface area contributed by atoms with Crippen LogP contribution in [0.25, 0.3) is 17.0 Å². The Hall–Kier alpha value is -3.30. The maximum absolute atomic E-state index is 12.5. The van der Waals surface area contributed by atoms with Crippen molar-refractivity contribution in [1.29, 1.82) is 0 Å². The van der Waals surface area contributed by atoms with Crippen LogP contribution in [-0.4, -0.2) is 68.7 Å². The smallest absolute Gasteiger partial charge is 0.343 e. The monoisotopic (exact) mass is 467 g/mol. The van der Waals surface area contributed by atoms with Gasteiger partial charge in [-0.15, -0.1) is 0 Å². The normalized spacial score (nSPS) is 11.4. The fourth-order valence-electron chi connectivity index (χ4n) is 3.35. The molecule has 0 spiro atoms. The highest BCUT2D eigenvalue weighted by Crippen LogP contribution is 2.22. The van der Waals surface area contributed by atoms with Crippen molar-refractivity contribution in [2.24, 2.45) is 0 Å². The molecule has 0 amide bonds. The van der Waals surface area contributed by atoms with Gasteiger partial charge in [0.25, 0.3) is 0 Å². The molecule has 2 N–H and O–H groups in total. The highest BCUT2D eigenvalue weighted by molar-refractivity contribution is 6.06. The fourth-order valence-corrected chi connectivity index (χ4v) is 3.35. The average Bonchev–Trinajstić information content (AvgIpc) is 2.86. The SMILES string of the molecule is O=C(C=Cc1cc2ccc(N(CCOCCO)CCOCCO)cc2oc1=O)c1ccccc1. The fraction of sp³-hybridized carbons (Fsp3) is 0.308. The van der Waals surface area contributed by atoms with Gasteiger partial charge in [-0.05, 0) is 30.4 Å². The van der Waals surface area contributed by atoms with Crippen LogP contribution in [0.2, 0.25) is 0 Å². The predicted octanol–water partition coefficient (Wildman–Crippen LogP) is 2.51. The lowest BCUT2D eigenvalue weighted by molar-refractivity contribution is 0.0884. The minimum atomic E-state index is -0.536. The summed E-state index contributed by atoms with van der Waals surface area (Å²) < 4.78 is 16.3. The van der Waals surface area contributed by atoms with E-state index in [9.17, 15) is 9.59 Å². The Labute approximate surface area is 197 Å². The summed E-state index contributed by atoms with van der Waals surface area (Å²) in [6, 6.07) is 16.0. The molecule has 0 unspecified atom stereocenters. The van der Waals surface area contributed by atoms with Gasteiger partial charge in [0.05, 0.1) is 45.2 Å². The van der Waals surface area contributed by atoms with E-state index in [0.29, 0.717) is 37.4 Å². The Morgan fingerprint density at radius 1 is 0.912 bits per heavy atom. The second-order valence-electron chi connectivity index (χ2n) is 7.43. The van der Waals surface area contributed by atoms with Crippen LogP contribution in [0.5, 0.6) is 0 Å². The van der Waals surface area contributed by atoms with Crippen LogP contribution in [0.1, 0.15) is 15.9 Å². The van der Waals surface area contributed by atoms with Gasteiger partial charge in [-0.2, -0.15) is 0 Å². The van der Waals surface area contributed by atoms with E-state index in [4.69, 9.17) is 24.1 Å². The molecule has 0 aliphatic rings. The molecule has 8 nitrogen and oxygen atoms in total. The molecule has 0 aliphatic carbocycles. The molecule has 0 radical (unpaired) electrons. The zero-order chi connectivity index (χ0) is 24.2. The molecule has 8 heteroatoms. The van der Waals surface area contributed by atoms with E-state index in [2.05, 4.69) is 0 Å². The van der Waals surface area contributed by atoms with E-state index >= 15 is 0 Å². The van der Waals surface area contributed by atoms with Crippen molar-refractivity contribution in [3.63, 3.8) is 0 Å². The van der Waals surface area contributed by atoms with Crippen LogP contribution in [0.4, 0.5) is 5.69 Å². The maximum Gasteiger partial charge on any atom is 0.343 e. The average molecular weight is 468 g/mol. The first-order chi connectivity index (χ1) is 16.6. The van der Waals surface area contributed by atoms with Gasteiger partial charge in [0, 0.05) is 35.8 Å². The lowest BCUT2D eigenvalue weighted by Gasteiger charge is -2.25. The molecular weight excluding hydrogens is 438 g/mol. The largest absolute Gasteiger partial charge is 0.422 e. The molecule has 0 saturated carbocycles. The molecule has 0 saturated heterocycles. The minimum Gasteiger partial charge on any atom is -0.422 e. The predicted molar refractivity (Wildman–Crippen MR) is 130 cm³/mol. The number of ketones is 1. The number of benzene rings is 2. The number of nitrogens with zero attached hydrogens (tertiary/aromatic N) is 1. The van der Waals surface area contributed by atoms with Crippen LogP contribution in [0.15, 0.2) is 69.9 Å². The molecule has 1 heterocycles. The third kappa shape index (κ3) is 7.36. The van der Waals surface area contributed by atoms with Crippen molar-refractivity contribution < 1.29 is 28.9 Å². The third-order valence-electron chi connectivity index (χ3n) is 5.07. The molecule has 3 rings (SSSR count). The van der Waals surface area contributed by atoms with Crippen LogP contribution in [0.3, 0.4) is 0 Å². The number of fused-ring (bicyclic) bond motifs is 1. The number of hydrogen-bond acceptors (Lipinski definition) is 8. The number of carbonyl (C=O) groups excluding carboxylic acids is 1. The molecule has 0 atom stereocenters. The van der Waals surface area contributed by atoms with E-state index in [1.807, 2.05) is 23.1 Å². The molecule has 2 aromatic carbocycles. The first-order valence-electron chi connectivity index (χ1n) is 11.1. The summed E-state index contributed by atoms with van der Waals surface area (Å²) in [6.45, 7) is 2.31. The van der Waals surface area contributed by atoms with E-state index in [-0.39, 0.29) is 37.8 Å². The molecule has 0 bridgehead atoms. The van der Waals surface area contributed by atoms with Crippen molar-refractivity contribution in [2.45, 2.75) is 0 Å². The van der Waals surface area contributed by atoms with Gasteiger partial charge in [0.15, 0.2) is 5.78 Å². The van der Waals surface area contributed by atoms with E-state index in [0.717, 1.165) is 11.1 Å². The summed E-state index contributed by atoms with van der Waals surface area (Å²) in [5, 5.41) is 18.5. The molecule has 180 valence electrons. The molecule has 3 aromatic rings. The number of hydrogen-bond donors (Lipinski definition) is 2. The highest BCUT2D eigenvalue weighted by atomic mass is 16.5. The topological polar surface area (TPSA) is 109 Å². The quantitative estimate of drug-likeness (QED) is 0.161. The minimum absolute atomic E-state index is 0.0472. The van der Waals surface area contributed by atoms with Crippen LogP contribution in [-0.2, 0) is 9.47 Å². The van der Waals surface area contributed by atoms with E-state index in [1.54, 1.807) is 36.4 Å². The van der Waals surface area contributed by atoms with Gasteiger partial charge in [0.2, 0.25) is 0 Å². The second kappa shape index (κ2) is 13.4. The van der Waals surface area contributed by atoms with Crippen molar-refractivity contribution in [2.75, 3.05) is 57.6 Å². The van der Waals surface area contributed by atoms with E-state index in [1.165, 1.54) is 12.2 Å². The Bertz CT molecular complexity index is 1130. The number of aliphatic hydroxyl groups is 2.